The van der Waals surface area contributed by atoms with E-state index in [9.17, 15) is 9.90 Å². The molecule has 5 nitrogen and oxygen atoms in total. The number of nitrogens with zero attached hydrogens (tertiary/aromatic N) is 2. The molecule has 2 fully saturated rings. The van der Waals surface area contributed by atoms with E-state index in [1.54, 1.807) is 11.0 Å². The second-order valence-corrected chi connectivity index (χ2v) is 6.04. The van der Waals surface area contributed by atoms with Gasteiger partial charge in [0, 0.05) is 12.2 Å². The molecular weight excluding hydrogens is 278 g/mol. The monoisotopic (exact) mass is 301 g/mol. The summed E-state index contributed by atoms with van der Waals surface area (Å²) in [6.07, 6.45) is 3.69. The number of likely N-dealkylation sites (tertiary alicyclic amines) is 2. The molecular formula is C17H23N3O2. The van der Waals surface area contributed by atoms with E-state index in [1.807, 2.05) is 24.3 Å². The van der Waals surface area contributed by atoms with Crippen molar-refractivity contribution < 1.29 is 9.90 Å². The summed E-state index contributed by atoms with van der Waals surface area (Å²) in [7, 11) is 0. The number of hydrogen-bond acceptors (Lipinski definition) is 3. The lowest BCUT2D eigenvalue weighted by Gasteiger charge is -2.25. The molecule has 0 spiro atoms. The van der Waals surface area contributed by atoms with Crippen LogP contribution in [0.15, 0.2) is 30.8 Å². The Morgan fingerprint density at radius 2 is 1.91 bits per heavy atom. The Kier molecular flexibility index (Phi) is 4.45. The number of amides is 2. The molecule has 2 amide bonds. The lowest BCUT2D eigenvalue weighted by atomic mass is 10.2. The van der Waals surface area contributed by atoms with Gasteiger partial charge in [-0.25, -0.2) is 4.79 Å². The van der Waals surface area contributed by atoms with Gasteiger partial charge in [-0.05, 0) is 43.6 Å². The van der Waals surface area contributed by atoms with Crippen LogP contribution in [0.3, 0.4) is 0 Å². The molecule has 3 rings (SSSR count). The standard InChI is InChI=1S/C17H23N3O2/c1-2-13-5-7-14(8-6-13)18-17(22)20-11-15(16(21)12-20)19-9-3-4-10-19/h2,5-8,15-16,21H,1,3-4,9-12H2,(H,18,22)/t15-,16-/m0/s1. The van der Waals surface area contributed by atoms with Crippen LogP contribution < -0.4 is 5.32 Å². The predicted molar refractivity (Wildman–Crippen MR) is 87.7 cm³/mol. The van der Waals surface area contributed by atoms with E-state index in [1.165, 1.54) is 12.8 Å². The van der Waals surface area contributed by atoms with E-state index in [-0.39, 0.29) is 12.1 Å². The number of aliphatic hydroxyl groups is 1. The molecule has 5 heteroatoms. The highest BCUT2D eigenvalue weighted by Gasteiger charge is 2.38. The van der Waals surface area contributed by atoms with Gasteiger partial charge in [-0.15, -0.1) is 0 Å². The highest BCUT2D eigenvalue weighted by molar-refractivity contribution is 5.89. The number of rotatable bonds is 3. The van der Waals surface area contributed by atoms with Crippen LogP contribution in [-0.4, -0.2) is 59.3 Å². The molecule has 2 saturated heterocycles. The minimum absolute atomic E-state index is 0.0800. The van der Waals surface area contributed by atoms with Gasteiger partial charge >= 0.3 is 6.03 Å². The van der Waals surface area contributed by atoms with Crippen molar-refractivity contribution in [3.63, 3.8) is 0 Å². The van der Waals surface area contributed by atoms with Gasteiger partial charge in [-0.2, -0.15) is 0 Å². The molecule has 2 heterocycles. The first-order chi connectivity index (χ1) is 10.7. The van der Waals surface area contributed by atoms with Crippen LogP contribution in [0.2, 0.25) is 0 Å². The van der Waals surface area contributed by atoms with Crippen LogP contribution in [0.4, 0.5) is 10.5 Å². The quantitative estimate of drug-likeness (QED) is 0.898. The number of aliphatic hydroxyl groups excluding tert-OH is 1. The van der Waals surface area contributed by atoms with Gasteiger partial charge in [0.1, 0.15) is 0 Å². The molecule has 0 unspecified atom stereocenters. The van der Waals surface area contributed by atoms with E-state index in [0.717, 1.165) is 24.3 Å². The van der Waals surface area contributed by atoms with Crippen molar-refractivity contribution in [2.24, 2.45) is 0 Å². The van der Waals surface area contributed by atoms with Crippen molar-refractivity contribution >= 4 is 17.8 Å². The maximum Gasteiger partial charge on any atom is 0.321 e. The highest BCUT2D eigenvalue weighted by Crippen LogP contribution is 2.22. The Labute approximate surface area is 131 Å². The second kappa shape index (κ2) is 6.50. The van der Waals surface area contributed by atoms with Crippen molar-refractivity contribution in [3.8, 4) is 0 Å². The SMILES string of the molecule is C=Cc1ccc(NC(=O)N2C[C@H](O)[C@@H](N3CCCC3)C2)cc1. The van der Waals surface area contributed by atoms with Gasteiger partial charge in [0.2, 0.25) is 0 Å². The third-order valence-electron chi connectivity index (χ3n) is 4.55. The highest BCUT2D eigenvalue weighted by atomic mass is 16.3. The fraction of sp³-hybridized carbons (Fsp3) is 0.471. The molecule has 2 aliphatic heterocycles. The number of carbonyl (C=O) groups is 1. The molecule has 1 aromatic rings. The summed E-state index contributed by atoms with van der Waals surface area (Å²) < 4.78 is 0. The summed E-state index contributed by atoms with van der Waals surface area (Å²) in [4.78, 5) is 16.3. The Hall–Kier alpha value is -1.85. The Balaban J connectivity index is 1.59. The number of carbonyl (C=O) groups excluding carboxylic acids is 1. The summed E-state index contributed by atoms with van der Waals surface area (Å²) in [5.41, 5.74) is 1.78. The maximum absolute atomic E-state index is 12.3. The van der Waals surface area contributed by atoms with E-state index >= 15 is 0 Å². The first kappa shape index (κ1) is 15.1. The van der Waals surface area contributed by atoms with E-state index in [4.69, 9.17) is 0 Å². The zero-order valence-electron chi connectivity index (χ0n) is 12.7. The Bertz CT molecular complexity index is 537. The number of benzene rings is 1. The van der Waals surface area contributed by atoms with Crippen LogP contribution in [0.5, 0.6) is 0 Å². The number of nitrogens with one attached hydrogen (secondary N) is 1. The molecule has 0 bridgehead atoms. The number of anilines is 1. The summed E-state index contributed by atoms with van der Waals surface area (Å²) in [6, 6.07) is 7.48. The third-order valence-corrected chi connectivity index (χ3v) is 4.55. The van der Waals surface area contributed by atoms with Crippen molar-refractivity contribution in [1.82, 2.24) is 9.80 Å². The van der Waals surface area contributed by atoms with Crippen LogP contribution >= 0.6 is 0 Å². The normalized spacial score (nSPS) is 25.4. The van der Waals surface area contributed by atoms with Crippen LogP contribution in [0.25, 0.3) is 6.08 Å². The molecule has 0 radical (unpaired) electrons. The van der Waals surface area contributed by atoms with Gasteiger partial charge in [0.05, 0.1) is 18.7 Å². The molecule has 0 aromatic heterocycles. The van der Waals surface area contributed by atoms with Crippen molar-refractivity contribution in [2.75, 3.05) is 31.5 Å². The van der Waals surface area contributed by atoms with Gasteiger partial charge in [0.25, 0.3) is 0 Å². The molecule has 1 aromatic carbocycles. The summed E-state index contributed by atoms with van der Waals surface area (Å²) in [5, 5.41) is 13.1. The average molecular weight is 301 g/mol. The fourth-order valence-electron chi connectivity index (χ4n) is 3.27. The number of hydrogen-bond donors (Lipinski definition) is 2. The van der Waals surface area contributed by atoms with Crippen molar-refractivity contribution in [1.29, 1.82) is 0 Å². The van der Waals surface area contributed by atoms with Crippen molar-refractivity contribution in [3.05, 3.63) is 36.4 Å². The molecule has 0 saturated carbocycles. The van der Waals surface area contributed by atoms with Gasteiger partial charge < -0.3 is 15.3 Å². The number of β-amino-alcohol motifs (C(OH)–C–C–N with tert-alkyl or cyclic N) is 1. The lowest BCUT2D eigenvalue weighted by molar-refractivity contribution is 0.0980. The minimum Gasteiger partial charge on any atom is -0.390 e. The maximum atomic E-state index is 12.3. The minimum atomic E-state index is -0.452. The average Bonchev–Trinajstić information content (AvgIpc) is 3.17. The Morgan fingerprint density at radius 1 is 1.23 bits per heavy atom. The topological polar surface area (TPSA) is 55.8 Å². The fourth-order valence-corrected chi connectivity index (χ4v) is 3.27. The second-order valence-electron chi connectivity index (χ2n) is 6.04. The van der Waals surface area contributed by atoms with Gasteiger partial charge in [-0.3, -0.25) is 4.90 Å². The molecule has 118 valence electrons. The van der Waals surface area contributed by atoms with Gasteiger partial charge in [-0.1, -0.05) is 24.8 Å². The number of urea groups is 1. The van der Waals surface area contributed by atoms with Crippen LogP contribution in [0.1, 0.15) is 18.4 Å². The predicted octanol–water partition coefficient (Wildman–Crippen LogP) is 2.00. The van der Waals surface area contributed by atoms with Crippen molar-refractivity contribution in [2.45, 2.75) is 25.0 Å². The zero-order valence-corrected chi connectivity index (χ0v) is 12.7. The summed E-state index contributed by atoms with van der Waals surface area (Å²) >= 11 is 0. The van der Waals surface area contributed by atoms with Crippen LogP contribution in [-0.2, 0) is 0 Å². The van der Waals surface area contributed by atoms with E-state index in [0.29, 0.717) is 13.1 Å². The molecule has 0 aliphatic carbocycles. The first-order valence-corrected chi connectivity index (χ1v) is 7.88. The lowest BCUT2D eigenvalue weighted by Crippen LogP contribution is -2.41. The largest absolute Gasteiger partial charge is 0.390 e. The smallest absolute Gasteiger partial charge is 0.321 e. The molecule has 2 atom stereocenters. The van der Waals surface area contributed by atoms with Crippen LogP contribution in [0, 0.1) is 0 Å². The molecule has 22 heavy (non-hydrogen) atoms. The van der Waals surface area contributed by atoms with Gasteiger partial charge in [0.15, 0.2) is 0 Å². The van der Waals surface area contributed by atoms with E-state index in [2.05, 4.69) is 16.8 Å². The molecule has 2 N–H and O–H groups in total. The Morgan fingerprint density at radius 3 is 2.55 bits per heavy atom. The van der Waals surface area contributed by atoms with E-state index < -0.39 is 6.10 Å². The first-order valence-electron chi connectivity index (χ1n) is 7.88. The summed E-state index contributed by atoms with van der Waals surface area (Å²) in [6.45, 7) is 6.76. The molecule has 2 aliphatic rings. The third kappa shape index (κ3) is 3.15. The zero-order chi connectivity index (χ0) is 15.5. The summed E-state index contributed by atoms with van der Waals surface area (Å²) in [5.74, 6) is 0.